The first-order valence-electron chi connectivity index (χ1n) is 11.6. The molecule has 0 atom stereocenters. The molecule has 1 fully saturated rings. The fraction of sp³-hybridized carbons (Fsp3) is 0.308. The molecule has 1 aliphatic heterocycles. The molecule has 1 N–H and O–H groups in total. The van der Waals surface area contributed by atoms with Crippen LogP contribution in [0, 0.1) is 11.7 Å². The molecule has 3 aromatic heterocycles. The van der Waals surface area contributed by atoms with Crippen molar-refractivity contribution in [3.63, 3.8) is 0 Å². The molecule has 0 bridgehead atoms. The van der Waals surface area contributed by atoms with Crippen LogP contribution >= 0.6 is 0 Å². The van der Waals surface area contributed by atoms with Crippen LogP contribution in [0.5, 0.6) is 0 Å². The van der Waals surface area contributed by atoms with Crippen molar-refractivity contribution < 1.29 is 9.13 Å². The van der Waals surface area contributed by atoms with E-state index < -0.39 is 0 Å². The maximum Gasteiger partial charge on any atom is 0.295 e. The van der Waals surface area contributed by atoms with Gasteiger partial charge in [0, 0.05) is 37.7 Å². The summed E-state index contributed by atoms with van der Waals surface area (Å²) in [5.41, 5.74) is 3.16. The van der Waals surface area contributed by atoms with Gasteiger partial charge in [-0.2, -0.15) is 0 Å². The second kappa shape index (κ2) is 10.1. The molecule has 174 valence electrons. The molecule has 1 aliphatic rings. The minimum Gasteiger partial charge on any atom is -0.381 e. The van der Waals surface area contributed by atoms with Crippen LogP contribution in [0.4, 0.5) is 10.2 Å². The van der Waals surface area contributed by atoms with Gasteiger partial charge in [0.15, 0.2) is 11.5 Å². The zero-order valence-corrected chi connectivity index (χ0v) is 18.8. The quantitative estimate of drug-likeness (QED) is 0.445. The normalized spacial score (nSPS) is 14.4. The van der Waals surface area contributed by atoms with E-state index in [2.05, 4.69) is 15.3 Å². The SMILES string of the molecule is O=c1c(NCCC2CCOCC2)nc2ccc(-c3ccc(F)cc3)nc2n1Cc1cccnc1. The molecular weight excluding hydrogens is 433 g/mol. The second-order valence-corrected chi connectivity index (χ2v) is 8.53. The Balaban J connectivity index is 1.50. The zero-order chi connectivity index (χ0) is 23.3. The van der Waals surface area contributed by atoms with Crippen LogP contribution in [-0.4, -0.2) is 39.3 Å². The number of anilines is 1. The summed E-state index contributed by atoms with van der Waals surface area (Å²) in [5, 5.41) is 3.26. The lowest BCUT2D eigenvalue weighted by molar-refractivity contribution is 0.0649. The molecule has 7 nitrogen and oxygen atoms in total. The molecule has 0 amide bonds. The summed E-state index contributed by atoms with van der Waals surface area (Å²) in [6.07, 6.45) is 6.50. The Kier molecular flexibility index (Phi) is 6.58. The van der Waals surface area contributed by atoms with Gasteiger partial charge in [0.1, 0.15) is 11.3 Å². The molecule has 8 heteroatoms. The second-order valence-electron chi connectivity index (χ2n) is 8.53. The summed E-state index contributed by atoms with van der Waals surface area (Å²) >= 11 is 0. The highest BCUT2D eigenvalue weighted by Crippen LogP contribution is 2.22. The first kappa shape index (κ1) is 22.2. The molecule has 1 aromatic carbocycles. The van der Waals surface area contributed by atoms with E-state index in [1.165, 1.54) is 12.1 Å². The smallest absolute Gasteiger partial charge is 0.295 e. The number of nitrogens with zero attached hydrogens (tertiary/aromatic N) is 4. The number of benzene rings is 1. The highest BCUT2D eigenvalue weighted by Gasteiger charge is 2.16. The van der Waals surface area contributed by atoms with Crippen molar-refractivity contribution in [2.45, 2.75) is 25.8 Å². The molecular formula is C26H26FN5O2. The van der Waals surface area contributed by atoms with E-state index in [9.17, 15) is 9.18 Å². The van der Waals surface area contributed by atoms with Crippen LogP contribution in [0.15, 0.2) is 65.7 Å². The highest BCUT2D eigenvalue weighted by atomic mass is 19.1. The van der Waals surface area contributed by atoms with E-state index >= 15 is 0 Å². The zero-order valence-electron chi connectivity index (χ0n) is 18.8. The van der Waals surface area contributed by atoms with Crippen LogP contribution in [0.2, 0.25) is 0 Å². The van der Waals surface area contributed by atoms with Crippen molar-refractivity contribution in [3.05, 3.63) is 82.7 Å². The van der Waals surface area contributed by atoms with E-state index in [4.69, 9.17) is 9.72 Å². The number of halogens is 1. The number of hydrogen-bond acceptors (Lipinski definition) is 6. The Labute approximate surface area is 196 Å². The predicted octanol–water partition coefficient (Wildman–Crippen LogP) is 4.27. The average molecular weight is 460 g/mol. The molecule has 0 spiro atoms. The third kappa shape index (κ3) is 4.97. The molecule has 4 heterocycles. The number of pyridine rings is 2. The number of rotatable bonds is 7. The lowest BCUT2D eigenvalue weighted by Crippen LogP contribution is -2.28. The maximum atomic E-state index is 13.5. The van der Waals surface area contributed by atoms with Crippen molar-refractivity contribution in [2.75, 3.05) is 25.1 Å². The fourth-order valence-electron chi connectivity index (χ4n) is 4.27. The van der Waals surface area contributed by atoms with Crippen molar-refractivity contribution in [1.29, 1.82) is 0 Å². The molecule has 4 aromatic rings. The Morgan fingerprint density at radius 3 is 2.65 bits per heavy atom. The van der Waals surface area contributed by atoms with Gasteiger partial charge in [-0.25, -0.2) is 14.4 Å². The van der Waals surface area contributed by atoms with Crippen LogP contribution in [0.3, 0.4) is 0 Å². The summed E-state index contributed by atoms with van der Waals surface area (Å²) < 4.78 is 20.4. The number of hydrogen-bond donors (Lipinski definition) is 1. The van der Waals surface area contributed by atoms with Gasteiger partial charge < -0.3 is 10.1 Å². The van der Waals surface area contributed by atoms with Gasteiger partial charge in [0.2, 0.25) is 0 Å². The van der Waals surface area contributed by atoms with Crippen molar-refractivity contribution in [2.24, 2.45) is 5.92 Å². The molecule has 5 rings (SSSR count). The van der Waals surface area contributed by atoms with Crippen molar-refractivity contribution >= 4 is 17.0 Å². The lowest BCUT2D eigenvalue weighted by Gasteiger charge is -2.22. The number of nitrogens with one attached hydrogen (secondary N) is 1. The summed E-state index contributed by atoms with van der Waals surface area (Å²) in [4.78, 5) is 27.0. The first-order chi connectivity index (χ1) is 16.7. The highest BCUT2D eigenvalue weighted by molar-refractivity contribution is 5.76. The van der Waals surface area contributed by atoms with Gasteiger partial charge in [0.25, 0.3) is 5.56 Å². The van der Waals surface area contributed by atoms with Gasteiger partial charge in [-0.05, 0) is 73.2 Å². The lowest BCUT2D eigenvalue weighted by atomic mass is 9.97. The molecule has 0 radical (unpaired) electrons. The van der Waals surface area contributed by atoms with Crippen LogP contribution in [0.25, 0.3) is 22.4 Å². The summed E-state index contributed by atoms with van der Waals surface area (Å²) in [6.45, 7) is 2.60. The molecule has 34 heavy (non-hydrogen) atoms. The van der Waals surface area contributed by atoms with Gasteiger partial charge >= 0.3 is 0 Å². The first-order valence-corrected chi connectivity index (χ1v) is 11.6. The minimum absolute atomic E-state index is 0.230. The topological polar surface area (TPSA) is 81.9 Å². The Bertz CT molecular complexity index is 1320. The van der Waals surface area contributed by atoms with Crippen molar-refractivity contribution in [1.82, 2.24) is 19.5 Å². The van der Waals surface area contributed by atoms with E-state index in [0.717, 1.165) is 43.6 Å². The fourth-order valence-corrected chi connectivity index (χ4v) is 4.27. The molecule has 1 saturated heterocycles. The number of fused-ring (bicyclic) bond motifs is 1. The van der Waals surface area contributed by atoms with Crippen LogP contribution < -0.4 is 10.9 Å². The standard InChI is InChI=1S/C26H26FN5O2/c27-21-5-3-20(4-6-21)22-7-8-23-25(31-22)32(17-19-2-1-12-28-16-19)26(33)24(30-23)29-13-9-18-10-14-34-15-11-18/h1-8,12,16,18H,9-11,13-15,17H2,(H,29,30). The van der Waals surface area contributed by atoms with E-state index in [0.29, 0.717) is 41.7 Å². The van der Waals surface area contributed by atoms with Gasteiger partial charge in [0.05, 0.1) is 12.2 Å². The largest absolute Gasteiger partial charge is 0.381 e. The van der Waals surface area contributed by atoms with Crippen molar-refractivity contribution in [3.8, 4) is 11.3 Å². The summed E-state index contributed by atoms with van der Waals surface area (Å²) in [7, 11) is 0. The predicted molar refractivity (Wildman–Crippen MR) is 129 cm³/mol. The van der Waals surface area contributed by atoms with E-state index in [1.54, 1.807) is 29.1 Å². The van der Waals surface area contributed by atoms with E-state index in [1.807, 2.05) is 24.3 Å². The summed E-state index contributed by atoms with van der Waals surface area (Å²) in [6, 6.07) is 13.6. The summed E-state index contributed by atoms with van der Waals surface area (Å²) in [5.74, 6) is 0.607. The van der Waals surface area contributed by atoms with Gasteiger partial charge in [-0.15, -0.1) is 0 Å². The van der Waals surface area contributed by atoms with Crippen LogP contribution in [0.1, 0.15) is 24.8 Å². The molecule has 0 unspecified atom stereocenters. The van der Waals surface area contributed by atoms with Gasteiger partial charge in [-0.1, -0.05) is 6.07 Å². The Hall–Kier alpha value is -3.65. The Morgan fingerprint density at radius 2 is 1.88 bits per heavy atom. The molecule has 0 saturated carbocycles. The van der Waals surface area contributed by atoms with E-state index in [-0.39, 0.29) is 11.4 Å². The number of aromatic nitrogens is 4. The van der Waals surface area contributed by atoms with Gasteiger partial charge in [-0.3, -0.25) is 14.3 Å². The minimum atomic E-state index is -0.309. The Morgan fingerprint density at radius 1 is 1.06 bits per heavy atom. The number of ether oxygens (including phenoxy) is 1. The van der Waals surface area contributed by atoms with Crippen LogP contribution in [-0.2, 0) is 11.3 Å². The third-order valence-electron chi connectivity index (χ3n) is 6.18. The average Bonchev–Trinajstić information content (AvgIpc) is 2.88. The third-order valence-corrected chi connectivity index (χ3v) is 6.18. The maximum absolute atomic E-state index is 13.5. The molecule has 0 aliphatic carbocycles. The monoisotopic (exact) mass is 459 g/mol.